The normalized spacial score (nSPS) is 18.1. The van der Waals surface area contributed by atoms with E-state index in [9.17, 15) is 4.79 Å². The van der Waals surface area contributed by atoms with Gasteiger partial charge in [0.1, 0.15) is 0 Å². The quantitative estimate of drug-likeness (QED) is 0.586. The lowest BCUT2D eigenvalue weighted by Crippen LogP contribution is -2.19. The molecule has 1 aromatic heterocycles. The molecule has 1 fully saturated rings. The topological polar surface area (TPSA) is 55.5 Å². The first kappa shape index (κ1) is 10.2. The van der Waals surface area contributed by atoms with Crippen LogP contribution in [0.3, 0.4) is 0 Å². The highest BCUT2D eigenvalue weighted by atomic mass is 16.5. The van der Waals surface area contributed by atoms with Crippen molar-refractivity contribution in [3.05, 3.63) is 30.0 Å². The van der Waals surface area contributed by atoms with Crippen molar-refractivity contribution >= 4 is 17.0 Å². The fourth-order valence-corrected chi connectivity index (χ4v) is 2.79. The average molecular weight is 228 g/mol. The van der Waals surface area contributed by atoms with Crippen molar-refractivity contribution < 1.29 is 9.32 Å². The molecule has 0 N–H and O–H groups in total. The smallest absolute Gasteiger partial charge is 0.235 e. The Kier molecular flexibility index (Phi) is 2.30. The van der Waals surface area contributed by atoms with E-state index in [1.165, 1.54) is 0 Å². The largest absolute Gasteiger partial charge is 0.356 e. The number of rotatable bonds is 2. The van der Waals surface area contributed by atoms with E-state index in [0.29, 0.717) is 0 Å². The van der Waals surface area contributed by atoms with Gasteiger partial charge in [0.05, 0.1) is 11.7 Å². The van der Waals surface area contributed by atoms with E-state index in [2.05, 4.69) is 10.1 Å². The molecular formula is C13H12N2O2. The lowest BCUT2D eigenvalue weighted by atomic mass is 9.87. The molecule has 2 aromatic rings. The molecule has 1 saturated carbocycles. The highest BCUT2D eigenvalue weighted by Crippen LogP contribution is 2.44. The molecule has 0 aliphatic heterocycles. The van der Waals surface area contributed by atoms with Crippen molar-refractivity contribution in [1.29, 1.82) is 0 Å². The van der Waals surface area contributed by atoms with Crippen LogP contribution in [0.4, 0.5) is 0 Å². The Balaban J connectivity index is 2.25. The number of hydrogen-bond acceptors (Lipinski definition) is 4. The summed E-state index contributed by atoms with van der Waals surface area (Å²) >= 11 is 0. The molecule has 0 unspecified atom stereocenters. The van der Waals surface area contributed by atoms with E-state index in [0.717, 1.165) is 42.2 Å². The zero-order valence-electron chi connectivity index (χ0n) is 9.35. The fraction of sp³-hybridized carbons (Fsp3) is 0.385. The molecule has 0 amide bonds. The Bertz CT molecular complexity index is 590. The maximum absolute atomic E-state index is 10.7. The van der Waals surface area contributed by atoms with Gasteiger partial charge in [-0.1, -0.05) is 30.1 Å². The summed E-state index contributed by atoms with van der Waals surface area (Å²) in [5.41, 5.74) is 1.37. The van der Waals surface area contributed by atoms with Crippen LogP contribution in [0.5, 0.6) is 0 Å². The zero-order valence-corrected chi connectivity index (χ0v) is 9.35. The van der Waals surface area contributed by atoms with Gasteiger partial charge in [-0.2, -0.15) is 4.99 Å². The lowest BCUT2D eigenvalue weighted by Gasteiger charge is -2.23. The Hall–Kier alpha value is -1.93. The minimum atomic E-state index is -0.410. The van der Waals surface area contributed by atoms with Gasteiger partial charge in [-0.15, -0.1) is 0 Å². The molecule has 1 heterocycles. The molecule has 1 aromatic carbocycles. The highest BCUT2D eigenvalue weighted by Gasteiger charge is 2.37. The average Bonchev–Trinajstić information content (AvgIpc) is 2.97. The predicted molar refractivity (Wildman–Crippen MR) is 62.3 cm³/mol. The first-order valence-electron chi connectivity index (χ1n) is 5.79. The van der Waals surface area contributed by atoms with Crippen LogP contribution in [0.1, 0.15) is 31.2 Å². The van der Waals surface area contributed by atoms with Crippen molar-refractivity contribution in [2.24, 2.45) is 4.99 Å². The van der Waals surface area contributed by atoms with Crippen LogP contribution in [0.25, 0.3) is 11.0 Å². The second-order valence-corrected chi connectivity index (χ2v) is 4.48. The van der Waals surface area contributed by atoms with Crippen LogP contribution in [0, 0.1) is 0 Å². The number of fused-ring (bicyclic) bond motifs is 1. The Labute approximate surface area is 98.3 Å². The third-order valence-corrected chi connectivity index (χ3v) is 3.59. The standard InChI is InChI=1S/C13H12N2O2/c16-9-14-13(6-1-2-7-13)11-4-3-5-12-10(11)8-15-17-12/h3-5,8H,1-2,6-7H2. The van der Waals surface area contributed by atoms with Crippen molar-refractivity contribution in [2.75, 3.05) is 0 Å². The second-order valence-electron chi connectivity index (χ2n) is 4.48. The van der Waals surface area contributed by atoms with Crippen molar-refractivity contribution in [2.45, 2.75) is 31.2 Å². The van der Waals surface area contributed by atoms with Crippen LogP contribution in [-0.2, 0) is 10.3 Å². The maximum atomic E-state index is 10.7. The summed E-state index contributed by atoms with van der Waals surface area (Å²) in [6, 6.07) is 5.80. The molecule has 0 bridgehead atoms. The number of benzene rings is 1. The summed E-state index contributed by atoms with van der Waals surface area (Å²) in [6.45, 7) is 0. The van der Waals surface area contributed by atoms with Gasteiger partial charge in [0.2, 0.25) is 6.08 Å². The fourth-order valence-electron chi connectivity index (χ4n) is 2.79. The maximum Gasteiger partial charge on any atom is 0.235 e. The van der Waals surface area contributed by atoms with Crippen LogP contribution < -0.4 is 0 Å². The number of carbonyl (C=O) groups excluding carboxylic acids is 1. The second kappa shape index (κ2) is 3.82. The summed E-state index contributed by atoms with van der Waals surface area (Å²) in [5, 5.41) is 4.76. The number of aliphatic imine (C=N–C) groups is 1. The summed E-state index contributed by atoms with van der Waals surface area (Å²) in [4.78, 5) is 14.8. The molecule has 0 radical (unpaired) electrons. The number of isocyanates is 1. The Morgan fingerprint density at radius 2 is 2.18 bits per heavy atom. The third kappa shape index (κ3) is 1.49. The van der Waals surface area contributed by atoms with E-state index in [4.69, 9.17) is 4.52 Å². The van der Waals surface area contributed by atoms with Crippen molar-refractivity contribution in [1.82, 2.24) is 5.16 Å². The van der Waals surface area contributed by atoms with Crippen LogP contribution in [0.15, 0.2) is 33.9 Å². The third-order valence-electron chi connectivity index (χ3n) is 3.59. The molecule has 3 rings (SSSR count). The van der Waals surface area contributed by atoms with Gasteiger partial charge >= 0.3 is 0 Å². The molecule has 1 aliphatic carbocycles. The van der Waals surface area contributed by atoms with Crippen molar-refractivity contribution in [3.8, 4) is 0 Å². The summed E-state index contributed by atoms with van der Waals surface area (Å²) in [7, 11) is 0. The molecule has 4 nitrogen and oxygen atoms in total. The molecule has 4 heteroatoms. The monoisotopic (exact) mass is 228 g/mol. The van der Waals surface area contributed by atoms with E-state index in [-0.39, 0.29) is 0 Å². The van der Waals surface area contributed by atoms with E-state index >= 15 is 0 Å². The Morgan fingerprint density at radius 3 is 2.94 bits per heavy atom. The SMILES string of the molecule is O=C=NC1(c2cccc3oncc23)CCCC1. The molecule has 0 atom stereocenters. The summed E-state index contributed by atoms with van der Waals surface area (Å²) in [5.74, 6) is 0. The predicted octanol–water partition coefficient (Wildman–Crippen LogP) is 2.93. The number of hydrogen-bond donors (Lipinski definition) is 0. The first-order chi connectivity index (χ1) is 8.36. The minimum absolute atomic E-state index is 0.410. The van der Waals surface area contributed by atoms with Gasteiger partial charge in [-0.3, -0.25) is 0 Å². The number of nitrogens with zero attached hydrogens (tertiary/aromatic N) is 2. The minimum Gasteiger partial charge on any atom is -0.356 e. The van der Waals surface area contributed by atoms with Crippen molar-refractivity contribution in [3.63, 3.8) is 0 Å². The van der Waals surface area contributed by atoms with Gasteiger partial charge in [-0.05, 0) is 24.5 Å². The van der Waals surface area contributed by atoms with Gasteiger partial charge in [0.15, 0.2) is 5.58 Å². The zero-order chi connectivity index (χ0) is 11.7. The lowest BCUT2D eigenvalue weighted by molar-refractivity contribution is 0.453. The summed E-state index contributed by atoms with van der Waals surface area (Å²) < 4.78 is 5.15. The molecular weight excluding hydrogens is 216 g/mol. The van der Waals surface area contributed by atoms with Crippen LogP contribution >= 0.6 is 0 Å². The number of aromatic nitrogens is 1. The molecule has 0 spiro atoms. The molecule has 17 heavy (non-hydrogen) atoms. The molecule has 86 valence electrons. The van der Waals surface area contributed by atoms with Gasteiger partial charge in [-0.25, -0.2) is 4.79 Å². The first-order valence-corrected chi connectivity index (χ1v) is 5.79. The molecule has 1 aliphatic rings. The van der Waals surface area contributed by atoms with Gasteiger partial charge in [0.25, 0.3) is 0 Å². The molecule has 0 saturated heterocycles. The van der Waals surface area contributed by atoms with E-state index in [1.54, 1.807) is 12.3 Å². The van der Waals surface area contributed by atoms with Gasteiger partial charge in [0, 0.05) is 5.39 Å². The van der Waals surface area contributed by atoms with Gasteiger partial charge < -0.3 is 4.52 Å². The summed E-state index contributed by atoms with van der Waals surface area (Å²) in [6.07, 6.45) is 7.40. The highest BCUT2D eigenvalue weighted by molar-refractivity contribution is 5.81. The van der Waals surface area contributed by atoms with Crippen LogP contribution in [-0.4, -0.2) is 11.2 Å². The Morgan fingerprint density at radius 1 is 1.35 bits per heavy atom. The van der Waals surface area contributed by atoms with Crippen LogP contribution in [0.2, 0.25) is 0 Å². The van der Waals surface area contributed by atoms with E-state index in [1.807, 2.05) is 18.2 Å². The van der Waals surface area contributed by atoms with E-state index < -0.39 is 5.54 Å².